The van der Waals surface area contributed by atoms with Crippen molar-refractivity contribution in [2.45, 2.75) is 25.9 Å². The number of benzene rings is 1. The summed E-state index contributed by atoms with van der Waals surface area (Å²) in [5.74, 6) is 0.247. The van der Waals surface area contributed by atoms with Gasteiger partial charge in [-0.25, -0.2) is 4.79 Å². The van der Waals surface area contributed by atoms with E-state index in [1.54, 1.807) is 6.92 Å². The van der Waals surface area contributed by atoms with Crippen LogP contribution in [-0.4, -0.2) is 42.3 Å². The number of anilines is 1. The second kappa shape index (κ2) is 7.74. The van der Waals surface area contributed by atoms with Gasteiger partial charge in [-0.3, -0.25) is 0 Å². The minimum atomic E-state index is -4.60. The quantitative estimate of drug-likeness (QED) is 0.879. The Morgan fingerprint density at radius 2 is 2.04 bits per heavy atom. The van der Waals surface area contributed by atoms with E-state index in [4.69, 9.17) is 9.84 Å². The highest BCUT2D eigenvalue weighted by atomic mass is 19.4. The van der Waals surface area contributed by atoms with Gasteiger partial charge < -0.3 is 20.1 Å². The number of nitrogens with one attached hydrogen (secondary N) is 1. The molecule has 0 bridgehead atoms. The summed E-state index contributed by atoms with van der Waals surface area (Å²) in [5.41, 5.74) is -1.23. The molecule has 1 aliphatic rings. The summed E-state index contributed by atoms with van der Waals surface area (Å²) in [7, 11) is 0. The Morgan fingerprint density at radius 3 is 2.58 bits per heavy atom. The molecule has 0 spiro atoms. The molecule has 0 aliphatic carbocycles. The number of amides is 2. The predicted molar refractivity (Wildman–Crippen MR) is 83.0 cm³/mol. The standard InChI is InChI=1S/C16H21F3N2O3/c1-2-24-12-3-4-14(13(9-12)16(17,18)19)20-15(23)21-7-5-11(10-22)6-8-21/h3-4,9,11,22H,2,5-8,10H2,1H3,(H,20,23). The lowest BCUT2D eigenvalue weighted by molar-refractivity contribution is -0.137. The summed E-state index contributed by atoms with van der Waals surface area (Å²) in [4.78, 5) is 13.7. The molecule has 2 rings (SSSR count). The third-order valence-corrected chi connectivity index (χ3v) is 4.01. The Hall–Kier alpha value is -1.96. The van der Waals surface area contributed by atoms with Gasteiger partial charge in [0, 0.05) is 19.7 Å². The number of aliphatic hydroxyl groups excluding tert-OH is 1. The van der Waals surface area contributed by atoms with Crippen molar-refractivity contribution in [2.75, 3.05) is 31.6 Å². The minimum absolute atomic E-state index is 0.0621. The highest BCUT2D eigenvalue weighted by Crippen LogP contribution is 2.37. The van der Waals surface area contributed by atoms with E-state index in [2.05, 4.69) is 5.32 Å². The van der Waals surface area contributed by atoms with Crippen LogP contribution < -0.4 is 10.1 Å². The number of likely N-dealkylation sites (tertiary alicyclic amines) is 1. The van der Waals surface area contributed by atoms with Crippen LogP contribution in [0.25, 0.3) is 0 Å². The molecule has 2 amide bonds. The van der Waals surface area contributed by atoms with Crippen LogP contribution in [0.1, 0.15) is 25.3 Å². The molecule has 0 aromatic heterocycles. The van der Waals surface area contributed by atoms with E-state index in [1.165, 1.54) is 17.0 Å². The zero-order valence-electron chi connectivity index (χ0n) is 13.4. The number of piperidine rings is 1. The van der Waals surface area contributed by atoms with Crippen LogP contribution in [0.4, 0.5) is 23.7 Å². The second-order valence-corrected chi connectivity index (χ2v) is 5.68. The summed E-state index contributed by atoms with van der Waals surface area (Å²) in [6.07, 6.45) is -3.32. The number of rotatable bonds is 4. The molecule has 2 N–H and O–H groups in total. The molecule has 134 valence electrons. The van der Waals surface area contributed by atoms with Crippen molar-refractivity contribution in [1.82, 2.24) is 4.90 Å². The van der Waals surface area contributed by atoms with Crippen molar-refractivity contribution < 1.29 is 27.8 Å². The average molecular weight is 346 g/mol. The van der Waals surface area contributed by atoms with Crippen LogP contribution in [0.5, 0.6) is 5.75 Å². The monoisotopic (exact) mass is 346 g/mol. The van der Waals surface area contributed by atoms with E-state index < -0.39 is 17.8 Å². The largest absolute Gasteiger partial charge is 0.494 e. The predicted octanol–water partition coefficient (Wildman–Crippen LogP) is 3.34. The van der Waals surface area contributed by atoms with Crippen molar-refractivity contribution in [3.8, 4) is 5.75 Å². The molecule has 0 unspecified atom stereocenters. The molecule has 0 saturated carbocycles. The number of carbonyl (C=O) groups is 1. The Morgan fingerprint density at radius 1 is 1.38 bits per heavy atom. The van der Waals surface area contributed by atoms with Crippen LogP contribution >= 0.6 is 0 Å². The molecule has 0 radical (unpaired) electrons. The van der Waals surface area contributed by atoms with Gasteiger partial charge in [-0.05, 0) is 43.9 Å². The van der Waals surface area contributed by atoms with Gasteiger partial charge >= 0.3 is 12.2 Å². The molecule has 1 aliphatic heterocycles. The molecular weight excluding hydrogens is 325 g/mol. The fourth-order valence-electron chi connectivity index (χ4n) is 2.64. The number of urea groups is 1. The smallest absolute Gasteiger partial charge is 0.418 e. The van der Waals surface area contributed by atoms with Crippen LogP contribution in [0.2, 0.25) is 0 Å². The van der Waals surface area contributed by atoms with Crippen LogP contribution in [0.15, 0.2) is 18.2 Å². The molecule has 1 saturated heterocycles. The number of halogens is 3. The third-order valence-electron chi connectivity index (χ3n) is 4.01. The van der Waals surface area contributed by atoms with E-state index in [1.807, 2.05) is 0 Å². The second-order valence-electron chi connectivity index (χ2n) is 5.68. The number of hydrogen-bond donors (Lipinski definition) is 2. The molecule has 5 nitrogen and oxygen atoms in total. The normalized spacial score (nSPS) is 16.1. The first-order valence-electron chi connectivity index (χ1n) is 7.86. The van der Waals surface area contributed by atoms with Gasteiger partial charge in [-0.1, -0.05) is 0 Å². The van der Waals surface area contributed by atoms with Crippen molar-refractivity contribution in [3.05, 3.63) is 23.8 Å². The number of ether oxygens (including phenoxy) is 1. The fourth-order valence-corrected chi connectivity index (χ4v) is 2.64. The van der Waals surface area contributed by atoms with E-state index in [9.17, 15) is 18.0 Å². The Kier molecular flexibility index (Phi) is 5.93. The van der Waals surface area contributed by atoms with Gasteiger partial charge in [-0.15, -0.1) is 0 Å². The molecule has 1 heterocycles. The van der Waals surface area contributed by atoms with Gasteiger partial charge in [0.1, 0.15) is 5.75 Å². The average Bonchev–Trinajstić information content (AvgIpc) is 2.55. The minimum Gasteiger partial charge on any atom is -0.494 e. The van der Waals surface area contributed by atoms with E-state index >= 15 is 0 Å². The first-order valence-corrected chi connectivity index (χ1v) is 7.86. The van der Waals surface area contributed by atoms with Crippen LogP contribution in [0.3, 0.4) is 0 Å². The van der Waals surface area contributed by atoms with Crippen molar-refractivity contribution >= 4 is 11.7 Å². The van der Waals surface area contributed by atoms with Gasteiger partial charge in [0.25, 0.3) is 0 Å². The molecule has 0 atom stereocenters. The molecule has 1 fully saturated rings. The summed E-state index contributed by atoms with van der Waals surface area (Å²) < 4.78 is 44.7. The lowest BCUT2D eigenvalue weighted by Crippen LogP contribution is -2.41. The SMILES string of the molecule is CCOc1ccc(NC(=O)N2CCC(CO)CC2)c(C(F)(F)F)c1. The molecule has 24 heavy (non-hydrogen) atoms. The maximum Gasteiger partial charge on any atom is 0.418 e. The first kappa shape index (κ1) is 18.4. The Balaban J connectivity index is 2.12. The van der Waals surface area contributed by atoms with Crippen molar-refractivity contribution in [2.24, 2.45) is 5.92 Å². The maximum absolute atomic E-state index is 13.2. The molecular formula is C16H21F3N2O3. The lowest BCUT2D eigenvalue weighted by atomic mass is 9.98. The number of carbonyl (C=O) groups excluding carboxylic acids is 1. The topological polar surface area (TPSA) is 61.8 Å². The molecule has 1 aromatic carbocycles. The zero-order valence-corrected chi connectivity index (χ0v) is 13.4. The van der Waals surface area contributed by atoms with Crippen molar-refractivity contribution in [3.63, 3.8) is 0 Å². The van der Waals surface area contributed by atoms with E-state index in [0.29, 0.717) is 25.9 Å². The Labute approximate surface area is 138 Å². The van der Waals surface area contributed by atoms with Gasteiger partial charge in [-0.2, -0.15) is 13.2 Å². The number of hydrogen-bond acceptors (Lipinski definition) is 3. The van der Waals surface area contributed by atoms with E-state index in [-0.39, 0.29) is 30.6 Å². The van der Waals surface area contributed by atoms with Gasteiger partial charge in [0.2, 0.25) is 0 Å². The number of alkyl halides is 3. The lowest BCUT2D eigenvalue weighted by Gasteiger charge is -2.31. The number of aliphatic hydroxyl groups is 1. The molecule has 8 heteroatoms. The zero-order chi connectivity index (χ0) is 17.7. The third kappa shape index (κ3) is 4.53. The van der Waals surface area contributed by atoms with Crippen LogP contribution in [0, 0.1) is 5.92 Å². The van der Waals surface area contributed by atoms with Crippen molar-refractivity contribution in [1.29, 1.82) is 0 Å². The highest BCUT2D eigenvalue weighted by molar-refractivity contribution is 5.90. The summed E-state index contributed by atoms with van der Waals surface area (Å²) in [6, 6.07) is 2.91. The van der Waals surface area contributed by atoms with Crippen LogP contribution in [-0.2, 0) is 6.18 Å². The first-order chi connectivity index (χ1) is 11.3. The molecule has 1 aromatic rings. The van der Waals surface area contributed by atoms with E-state index in [0.717, 1.165) is 6.07 Å². The highest BCUT2D eigenvalue weighted by Gasteiger charge is 2.35. The number of nitrogens with zero attached hydrogens (tertiary/aromatic N) is 1. The maximum atomic E-state index is 13.2. The van der Waals surface area contributed by atoms with Gasteiger partial charge in [0.15, 0.2) is 0 Å². The Bertz CT molecular complexity index is 570. The fraction of sp³-hybridized carbons (Fsp3) is 0.562. The summed E-state index contributed by atoms with van der Waals surface area (Å²) in [5, 5.41) is 11.4. The summed E-state index contributed by atoms with van der Waals surface area (Å²) in [6.45, 7) is 2.82. The van der Waals surface area contributed by atoms with Gasteiger partial charge in [0.05, 0.1) is 17.9 Å². The summed E-state index contributed by atoms with van der Waals surface area (Å²) >= 11 is 0.